The maximum absolute atomic E-state index is 12.8. The van der Waals surface area contributed by atoms with Crippen molar-refractivity contribution in [3.8, 4) is 11.3 Å². The number of aryl methyl sites for hydroxylation is 2. The van der Waals surface area contributed by atoms with Gasteiger partial charge in [-0.2, -0.15) is 5.10 Å². The number of benzene rings is 1. The average molecular weight is 363 g/mol. The van der Waals surface area contributed by atoms with Crippen LogP contribution in [0.5, 0.6) is 0 Å². The van der Waals surface area contributed by atoms with Crippen molar-refractivity contribution >= 4 is 5.91 Å². The molecule has 1 aliphatic heterocycles. The highest BCUT2D eigenvalue weighted by Crippen LogP contribution is 2.28. The van der Waals surface area contributed by atoms with E-state index in [9.17, 15) is 9.59 Å². The van der Waals surface area contributed by atoms with E-state index in [1.165, 1.54) is 11.8 Å². The fraction of sp³-hybridized carbons (Fsp3) is 0.300. The first-order valence-corrected chi connectivity index (χ1v) is 9.00. The van der Waals surface area contributed by atoms with Crippen LogP contribution in [0.25, 0.3) is 11.3 Å². The van der Waals surface area contributed by atoms with Gasteiger partial charge in [-0.3, -0.25) is 14.3 Å². The van der Waals surface area contributed by atoms with E-state index in [-0.39, 0.29) is 17.0 Å². The molecule has 0 atom stereocenters. The third-order valence-electron chi connectivity index (χ3n) is 5.02. The minimum atomic E-state index is -0.388. The average Bonchev–Trinajstić information content (AvgIpc) is 2.84. The molecule has 0 fully saturated rings. The summed E-state index contributed by atoms with van der Waals surface area (Å²) in [5, 5.41) is 4.70. The van der Waals surface area contributed by atoms with Gasteiger partial charge < -0.3 is 9.88 Å². The summed E-state index contributed by atoms with van der Waals surface area (Å²) in [6.07, 6.45) is 2.77. The van der Waals surface area contributed by atoms with Crippen molar-refractivity contribution in [2.75, 3.05) is 13.1 Å². The van der Waals surface area contributed by atoms with Crippen LogP contribution in [-0.2, 0) is 19.9 Å². The van der Waals surface area contributed by atoms with Crippen molar-refractivity contribution in [2.45, 2.75) is 19.8 Å². The fourth-order valence-electron chi connectivity index (χ4n) is 3.62. The van der Waals surface area contributed by atoms with Crippen LogP contribution in [0.2, 0.25) is 0 Å². The van der Waals surface area contributed by atoms with Crippen LogP contribution in [0, 0.1) is 6.92 Å². The third kappa shape index (κ3) is 3.16. The molecule has 0 aliphatic carbocycles. The number of aromatic nitrogens is 4. The second kappa shape index (κ2) is 6.83. The number of H-pyrrole nitrogens is 1. The van der Waals surface area contributed by atoms with Crippen molar-refractivity contribution in [1.29, 1.82) is 0 Å². The molecule has 1 aromatic carbocycles. The molecule has 0 unspecified atom stereocenters. The number of fused-ring (bicyclic) bond motifs is 1. The maximum Gasteiger partial charge on any atom is 0.263 e. The lowest BCUT2D eigenvalue weighted by molar-refractivity contribution is 0.0760. The van der Waals surface area contributed by atoms with E-state index in [1.54, 1.807) is 11.8 Å². The van der Waals surface area contributed by atoms with Gasteiger partial charge in [-0.15, -0.1) is 0 Å². The zero-order valence-electron chi connectivity index (χ0n) is 15.4. The van der Waals surface area contributed by atoms with Gasteiger partial charge in [0.2, 0.25) is 0 Å². The van der Waals surface area contributed by atoms with E-state index in [2.05, 4.69) is 9.97 Å². The van der Waals surface area contributed by atoms with Crippen molar-refractivity contribution in [3.05, 3.63) is 69.5 Å². The summed E-state index contributed by atoms with van der Waals surface area (Å²) >= 11 is 0. The summed E-state index contributed by atoms with van der Waals surface area (Å²) < 4.78 is 1.91. The number of hydrogen-bond acceptors (Lipinski definition) is 4. The number of nitrogens with zero attached hydrogens (tertiary/aromatic N) is 4. The first-order chi connectivity index (χ1) is 13.0. The van der Waals surface area contributed by atoms with Crippen LogP contribution < -0.4 is 5.56 Å². The zero-order valence-corrected chi connectivity index (χ0v) is 15.4. The minimum Gasteiger partial charge on any atom is -0.338 e. The van der Waals surface area contributed by atoms with E-state index >= 15 is 0 Å². The number of nitrogens with one attached hydrogen (secondary N) is 1. The van der Waals surface area contributed by atoms with E-state index < -0.39 is 0 Å². The predicted octanol–water partition coefficient (Wildman–Crippen LogP) is 1.72. The van der Waals surface area contributed by atoms with Crippen LogP contribution in [0.3, 0.4) is 0 Å². The molecule has 7 nitrogen and oxygen atoms in total. The number of aromatic amines is 1. The molecule has 0 bridgehead atoms. The second-order valence-electron chi connectivity index (χ2n) is 6.77. The fourth-order valence-corrected chi connectivity index (χ4v) is 3.62. The molecule has 3 heterocycles. The van der Waals surface area contributed by atoms with Crippen LogP contribution in [0.4, 0.5) is 0 Å². The number of carbonyl (C=O) groups excluding carboxylic acids is 1. The Morgan fingerprint density at radius 1 is 1.15 bits per heavy atom. The number of hydrogen-bond donors (Lipinski definition) is 1. The van der Waals surface area contributed by atoms with E-state index in [0.29, 0.717) is 31.8 Å². The van der Waals surface area contributed by atoms with Gasteiger partial charge in [0.15, 0.2) is 0 Å². The molecule has 138 valence electrons. The van der Waals surface area contributed by atoms with Crippen LogP contribution in [0.1, 0.15) is 27.4 Å². The van der Waals surface area contributed by atoms with Gasteiger partial charge in [0.1, 0.15) is 11.4 Å². The van der Waals surface area contributed by atoms with Gasteiger partial charge in [0.25, 0.3) is 11.5 Å². The summed E-state index contributed by atoms with van der Waals surface area (Å²) in [6.45, 7) is 2.79. The first kappa shape index (κ1) is 17.2. The Morgan fingerprint density at radius 2 is 1.89 bits per heavy atom. The Morgan fingerprint density at radius 3 is 2.63 bits per heavy atom. The maximum atomic E-state index is 12.8. The largest absolute Gasteiger partial charge is 0.338 e. The third-order valence-corrected chi connectivity index (χ3v) is 5.02. The first-order valence-electron chi connectivity index (χ1n) is 9.00. The number of rotatable bonds is 2. The molecular formula is C20H21N5O2. The summed E-state index contributed by atoms with van der Waals surface area (Å²) in [7, 11) is 1.94. The van der Waals surface area contributed by atoms with E-state index in [1.807, 2.05) is 42.1 Å². The van der Waals surface area contributed by atoms with Crippen LogP contribution in [-0.4, -0.2) is 43.6 Å². The van der Waals surface area contributed by atoms with Crippen molar-refractivity contribution < 1.29 is 4.79 Å². The molecule has 27 heavy (non-hydrogen) atoms. The summed E-state index contributed by atoms with van der Waals surface area (Å²) in [5.41, 5.74) is 4.06. The highest BCUT2D eigenvalue weighted by Gasteiger charge is 2.26. The Bertz CT molecular complexity index is 1050. The molecule has 3 aromatic rings. The molecular weight excluding hydrogens is 342 g/mol. The van der Waals surface area contributed by atoms with E-state index in [4.69, 9.17) is 5.10 Å². The molecule has 1 aliphatic rings. The Kier molecular flexibility index (Phi) is 4.35. The molecule has 1 amide bonds. The highest BCUT2D eigenvalue weighted by molar-refractivity contribution is 5.93. The van der Waals surface area contributed by atoms with Gasteiger partial charge in [-0.1, -0.05) is 30.3 Å². The summed E-state index contributed by atoms with van der Waals surface area (Å²) in [4.78, 5) is 33.3. The molecule has 0 saturated heterocycles. The van der Waals surface area contributed by atoms with Gasteiger partial charge >= 0.3 is 0 Å². The van der Waals surface area contributed by atoms with Crippen LogP contribution >= 0.6 is 0 Å². The minimum absolute atomic E-state index is 0.0907. The normalized spacial score (nSPS) is 13.9. The lowest BCUT2D eigenvalue weighted by Crippen LogP contribution is -2.37. The van der Waals surface area contributed by atoms with Gasteiger partial charge in [-0.05, 0) is 13.3 Å². The molecule has 2 aromatic heterocycles. The van der Waals surface area contributed by atoms with Gasteiger partial charge in [0, 0.05) is 49.6 Å². The highest BCUT2D eigenvalue weighted by atomic mass is 16.2. The number of carbonyl (C=O) groups is 1. The van der Waals surface area contributed by atoms with Crippen molar-refractivity contribution in [2.24, 2.45) is 7.05 Å². The van der Waals surface area contributed by atoms with Crippen molar-refractivity contribution in [3.63, 3.8) is 0 Å². The van der Waals surface area contributed by atoms with Gasteiger partial charge in [-0.25, -0.2) is 4.98 Å². The lowest BCUT2D eigenvalue weighted by atomic mass is 10.0. The quantitative estimate of drug-likeness (QED) is 0.751. The zero-order chi connectivity index (χ0) is 19.0. The lowest BCUT2D eigenvalue weighted by Gasteiger charge is -2.20. The SMILES string of the molecule is Cc1ncc(C(=O)N2CCc3c(-c4ccccc4)nn(C)c3CC2)c(=O)[nH]1. The topological polar surface area (TPSA) is 83.9 Å². The van der Waals surface area contributed by atoms with Gasteiger partial charge in [0.05, 0.1) is 5.69 Å². The Hall–Kier alpha value is -3.22. The predicted molar refractivity (Wildman–Crippen MR) is 102 cm³/mol. The Balaban J connectivity index is 1.62. The van der Waals surface area contributed by atoms with E-state index in [0.717, 1.165) is 17.0 Å². The standard InChI is InChI=1S/C20H21N5O2/c1-13-21-12-16(19(26)22-13)20(27)25-10-8-15-17(9-11-25)24(2)23-18(15)14-6-4-3-5-7-14/h3-7,12H,8-11H2,1-2H3,(H,21,22,26). The summed E-state index contributed by atoms with van der Waals surface area (Å²) in [5.74, 6) is 0.226. The monoisotopic (exact) mass is 363 g/mol. The molecule has 0 saturated carbocycles. The second-order valence-corrected chi connectivity index (χ2v) is 6.77. The smallest absolute Gasteiger partial charge is 0.263 e. The number of amides is 1. The van der Waals surface area contributed by atoms with Crippen molar-refractivity contribution in [1.82, 2.24) is 24.6 Å². The molecule has 1 N–H and O–H groups in total. The molecule has 0 radical (unpaired) electrons. The molecule has 4 rings (SSSR count). The molecule has 0 spiro atoms. The Labute approximate surface area is 156 Å². The van der Waals surface area contributed by atoms with Crippen LogP contribution in [0.15, 0.2) is 41.3 Å². The molecule has 7 heteroatoms. The summed E-state index contributed by atoms with van der Waals surface area (Å²) in [6, 6.07) is 10.1.